The molecule has 102 valence electrons. The maximum absolute atomic E-state index is 13.7. The van der Waals surface area contributed by atoms with Gasteiger partial charge in [-0.25, -0.2) is 4.39 Å². The fourth-order valence-corrected chi connectivity index (χ4v) is 1.98. The Labute approximate surface area is 108 Å². The molecule has 0 aliphatic carbocycles. The smallest absolute Gasteiger partial charge is 0.165 e. The second kappa shape index (κ2) is 6.71. The summed E-state index contributed by atoms with van der Waals surface area (Å²) in [6.07, 6.45) is 0. The maximum Gasteiger partial charge on any atom is 0.165 e. The summed E-state index contributed by atoms with van der Waals surface area (Å²) in [5.41, 5.74) is 6.76. The van der Waals surface area contributed by atoms with Crippen molar-refractivity contribution in [2.24, 2.45) is 17.6 Å². The molecule has 0 spiro atoms. The first kappa shape index (κ1) is 14.9. The minimum atomic E-state index is -0.412. The monoisotopic (exact) mass is 255 g/mol. The molecule has 3 N–H and O–H groups in total. The number of rotatable bonds is 6. The van der Waals surface area contributed by atoms with E-state index >= 15 is 0 Å². The predicted molar refractivity (Wildman–Crippen MR) is 69.9 cm³/mol. The fourth-order valence-electron chi connectivity index (χ4n) is 1.98. The van der Waals surface area contributed by atoms with Gasteiger partial charge in [-0.05, 0) is 30.5 Å². The van der Waals surface area contributed by atoms with Gasteiger partial charge in [0.15, 0.2) is 11.6 Å². The van der Waals surface area contributed by atoms with Crippen LogP contribution in [0.1, 0.15) is 32.4 Å². The van der Waals surface area contributed by atoms with Gasteiger partial charge < -0.3 is 15.6 Å². The Kier molecular flexibility index (Phi) is 5.56. The van der Waals surface area contributed by atoms with Crippen LogP contribution in [-0.4, -0.2) is 18.3 Å². The third kappa shape index (κ3) is 3.43. The van der Waals surface area contributed by atoms with E-state index in [1.54, 1.807) is 19.1 Å². The molecule has 0 aliphatic heterocycles. The zero-order valence-corrected chi connectivity index (χ0v) is 11.2. The summed E-state index contributed by atoms with van der Waals surface area (Å²) in [6.45, 7) is 6.21. The molecule has 0 aromatic heterocycles. The zero-order chi connectivity index (χ0) is 13.7. The van der Waals surface area contributed by atoms with E-state index in [2.05, 4.69) is 0 Å². The van der Waals surface area contributed by atoms with E-state index in [0.29, 0.717) is 12.2 Å². The summed E-state index contributed by atoms with van der Waals surface area (Å²) in [4.78, 5) is 0. The van der Waals surface area contributed by atoms with Crippen molar-refractivity contribution in [2.45, 2.75) is 26.8 Å². The molecule has 2 unspecified atom stereocenters. The van der Waals surface area contributed by atoms with E-state index in [4.69, 9.17) is 10.5 Å². The lowest BCUT2D eigenvalue weighted by Crippen LogP contribution is -2.28. The number of aliphatic hydroxyl groups excluding tert-OH is 1. The van der Waals surface area contributed by atoms with Crippen molar-refractivity contribution in [2.75, 3.05) is 13.2 Å². The molecule has 0 heterocycles. The summed E-state index contributed by atoms with van der Waals surface area (Å²) < 4.78 is 18.9. The van der Waals surface area contributed by atoms with Crippen LogP contribution in [0.25, 0.3) is 0 Å². The van der Waals surface area contributed by atoms with Crippen LogP contribution in [0.3, 0.4) is 0 Å². The van der Waals surface area contributed by atoms with Gasteiger partial charge in [0.1, 0.15) is 0 Å². The summed E-state index contributed by atoms with van der Waals surface area (Å²) in [5, 5.41) is 9.34. The largest absolute Gasteiger partial charge is 0.491 e. The maximum atomic E-state index is 13.7. The third-order valence-electron chi connectivity index (χ3n) is 3.17. The van der Waals surface area contributed by atoms with Crippen LogP contribution >= 0.6 is 0 Å². The van der Waals surface area contributed by atoms with Crippen LogP contribution in [0.2, 0.25) is 0 Å². The minimum absolute atomic E-state index is 0.00629. The first-order valence-corrected chi connectivity index (χ1v) is 6.29. The molecule has 0 fully saturated rings. The highest BCUT2D eigenvalue weighted by Crippen LogP contribution is 2.28. The van der Waals surface area contributed by atoms with Gasteiger partial charge >= 0.3 is 0 Å². The van der Waals surface area contributed by atoms with Gasteiger partial charge in [0.2, 0.25) is 0 Å². The molecule has 1 aromatic rings. The molecule has 3 nitrogen and oxygen atoms in total. The average Bonchev–Trinajstić information content (AvgIpc) is 2.32. The predicted octanol–water partition coefficient (Wildman–Crippen LogP) is 2.49. The average molecular weight is 255 g/mol. The van der Waals surface area contributed by atoms with E-state index in [1.807, 2.05) is 13.8 Å². The van der Waals surface area contributed by atoms with Crippen molar-refractivity contribution in [3.63, 3.8) is 0 Å². The molecule has 0 saturated heterocycles. The Bertz CT molecular complexity index is 382. The Hall–Kier alpha value is -1.13. The quantitative estimate of drug-likeness (QED) is 0.821. The fraction of sp³-hybridized carbons (Fsp3) is 0.571. The van der Waals surface area contributed by atoms with Gasteiger partial charge in [-0.2, -0.15) is 0 Å². The number of nitrogens with two attached hydrogens (primary N) is 1. The van der Waals surface area contributed by atoms with E-state index in [1.165, 1.54) is 6.07 Å². The van der Waals surface area contributed by atoms with Gasteiger partial charge in [-0.3, -0.25) is 0 Å². The highest BCUT2D eigenvalue weighted by Gasteiger charge is 2.22. The van der Waals surface area contributed by atoms with Crippen LogP contribution in [0.15, 0.2) is 18.2 Å². The van der Waals surface area contributed by atoms with E-state index in [0.717, 1.165) is 0 Å². The summed E-state index contributed by atoms with van der Waals surface area (Å²) in [6, 6.07) is 4.35. The number of ether oxygens (including phenoxy) is 1. The van der Waals surface area contributed by atoms with Crippen molar-refractivity contribution < 1.29 is 14.2 Å². The van der Waals surface area contributed by atoms with E-state index in [-0.39, 0.29) is 30.2 Å². The topological polar surface area (TPSA) is 55.5 Å². The summed E-state index contributed by atoms with van der Waals surface area (Å²) in [7, 11) is 0. The van der Waals surface area contributed by atoms with Crippen LogP contribution in [0.5, 0.6) is 5.75 Å². The van der Waals surface area contributed by atoms with Crippen LogP contribution in [0.4, 0.5) is 4.39 Å². The van der Waals surface area contributed by atoms with Crippen molar-refractivity contribution in [3.05, 3.63) is 29.6 Å². The SMILES string of the molecule is CCOc1ccc(C(N)C(CO)C(C)C)cc1F. The van der Waals surface area contributed by atoms with Crippen LogP contribution < -0.4 is 10.5 Å². The van der Waals surface area contributed by atoms with Gasteiger partial charge in [-0.1, -0.05) is 19.9 Å². The second-order valence-electron chi connectivity index (χ2n) is 4.74. The standard InChI is InChI=1S/C14H22FNO2/c1-4-18-13-6-5-10(7-12(13)15)14(16)11(8-17)9(2)3/h5-7,9,11,14,17H,4,8,16H2,1-3H3. The Morgan fingerprint density at radius 3 is 2.50 bits per heavy atom. The molecule has 2 atom stereocenters. The highest BCUT2D eigenvalue weighted by atomic mass is 19.1. The minimum Gasteiger partial charge on any atom is -0.491 e. The Morgan fingerprint density at radius 1 is 1.39 bits per heavy atom. The van der Waals surface area contributed by atoms with Crippen molar-refractivity contribution >= 4 is 0 Å². The van der Waals surface area contributed by atoms with E-state index < -0.39 is 5.82 Å². The molecular weight excluding hydrogens is 233 g/mol. The number of benzene rings is 1. The lowest BCUT2D eigenvalue weighted by molar-refractivity contribution is 0.165. The molecule has 0 saturated carbocycles. The normalized spacial score (nSPS) is 14.6. The van der Waals surface area contributed by atoms with Gasteiger partial charge in [0, 0.05) is 18.6 Å². The molecule has 0 amide bonds. The molecule has 1 aromatic carbocycles. The number of halogens is 1. The van der Waals surface area contributed by atoms with Crippen LogP contribution in [0, 0.1) is 17.7 Å². The van der Waals surface area contributed by atoms with Gasteiger partial charge in [0.05, 0.1) is 6.61 Å². The van der Waals surface area contributed by atoms with Gasteiger partial charge in [0.25, 0.3) is 0 Å². The van der Waals surface area contributed by atoms with Crippen molar-refractivity contribution in [3.8, 4) is 5.75 Å². The molecule has 1 rings (SSSR count). The zero-order valence-electron chi connectivity index (χ0n) is 11.2. The molecular formula is C14H22FNO2. The Morgan fingerprint density at radius 2 is 2.06 bits per heavy atom. The van der Waals surface area contributed by atoms with Crippen LogP contribution in [-0.2, 0) is 0 Å². The number of hydrogen-bond acceptors (Lipinski definition) is 3. The molecule has 0 radical (unpaired) electrons. The number of aliphatic hydroxyl groups is 1. The lowest BCUT2D eigenvalue weighted by atomic mass is 9.85. The van der Waals surface area contributed by atoms with Crippen molar-refractivity contribution in [1.82, 2.24) is 0 Å². The molecule has 0 bridgehead atoms. The summed E-state index contributed by atoms with van der Waals surface area (Å²) in [5.74, 6) is -0.0224. The Balaban J connectivity index is 2.92. The first-order chi connectivity index (χ1) is 8.51. The molecule has 18 heavy (non-hydrogen) atoms. The lowest BCUT2D eigenvalue weighted by Gasteiger charge is -2.26. The summed E-state index contributed by atoms with van der Waals surface area (Å²) >= 11 is 0. The van der Waals surface area contributed by atoms with Gasteiger partial charge in [-0.15, -0.1) is 0 Å². The molecule has 4 heteroatoms. The highest BCUT2D eigenvalue weighted by molar-refractivity contribution is 5.31. The van der Waals surface area contributed by atoms with E-state index in [9.17, 15) is 9.50 Å². The first-order valence-electron chi connectivity index (χ1n) is 6.29. The second-order valence-corrected chi connectivity index (χ2v) is 4.74. The van der Waals surface area contributed by atoms with Crippen molar-refractivity contribution in [1.29, 1.82) is 0 Å². The number of hydrogen-bond donors (Lipinski definition) is 2. The third-order valence-corrected chi connectivity index (χ3v) is 3.17. The molecule has 0 aliphatic rings.